The zero-order valence-electron chi connectivity index (χ0n) is 29.7. The van der Waals surface area contributed by atoms with E-state index in [-0.39, 0.29) is 29.7 Å². The second-order valence-corrected chi connectivity index (χ2v) is 17.1. The minimum absolute atomic E-state index is 0.0706. The number of benzene rings is 1. The molecule has 0 saturated heterocycles. The molecular formula is C42H58O5. The van der Waals surface area contributed by atoms with Crippen molar-refractivity contribution in [2.24, 2.45) is 46.3 Å². The van der Waals surface area contributed by atoms with Crippen molar-refractivity contribution in [2.75, 3.05) is 6.61 Å². The third-order valence-electron chi connectivity index (χ3n) is 14.1. The first-order valence-corrected chi connectivity index (χ1v) is 19.2. The molecule has 5 aliphatic rings. The molecule has 3 fully saturated rings. The molecule has 47 heavy (non-hydrogen) atoms. The molecule has 5 heteroatoms. The molecule has 1 aromatic heterocycles. The van der Waals surface area contributed by atoms with Gasteiger partial charge in [0.05, 0.1) is 0 Å². The SMILES string of the molecule is CC(C)CCC[C@@H](C)[C@@H]1CC[C@@H]2[C@H]3CC=C4CC[C@@H](OC(=O)COc5ccc6c7c(c(=O)oc6c5)CCCC7)C[C@]4(C)[C@@H]3CC[C@@]21C. The fraction of sp³-hybridized carbons (Fsp3) is 0.714. The van der Waals surface area contributed by atoms with E-state index in [2.05, 4.69) is 40.7 Å². The van der Waals surface area contributed by atoms with Gasteiger partial charge in [-0.1, -0.05) is 65.5 Å². The molecule has 0 amide bonds. The van der Waals surface area contributed by atoms with E-state index in [0.717, 1.165) is 91.0 Å². The summed E-state index contributed by atoms with van der Waals surface area (Å²) in [7, 11) is 0. The first-order chi connectivity index (χ1) is 22.6. The van der Waals surface area contributed by atoms with Gasteiger partial charge in [-0.2, -0.15) is 0 Å². The number of fused-ring (bicyclic) bond motifs is 8. The highest BCUT2D eigenvalue weighted by molar-refractivity contribution is 5.83. The first kappa shape index (κ1) is 33.0. The lowest BCUT2D eigenvalue weighted by atomic mass is 9.47. The van der Waals surface area contributed by atoms with Crippen molar-refractivity contribution in [1.82, 2.24) is 0 Å². The molecule has 3 saturated carbocycles. The van der Waals surface area contributed by atoms with Crippen LogP contribution < -0.4 is 10.4 Å². The van der Waals surface area contributed by atoms with E-state index in [1.54, 1.807) is 11.6 Å². The van der Waals surface area contributed by atoms with Crippen LogP contribution in [0.2, 0.25) is 0 Å². The molecule has 0 spiro atoms. The summed E-state index contributed by atoms with van der Waals surface area (Å²) in [4.78, 5) is 25.7. The topological polar surface area (TPSA) is 65.7 Å². The van der Waals surface area contributed by atoms with Gasteiger partial charge in [-0.25, -0.2) is 9.59 Å². The number of carbonyl (C=O) groups excluding carboxylic acids is 1. The Hall–Kier alpha value is -2.56. The maximum Gasteiger partial charge on any atom is 0.344 e. The predicted molar refractivity (Wildman–Crippen MR) is 188 cm³/mol. The summed E-state index contributed by atoms with van der Waals surface area (Å²) in [6.45, 7) is 12.3. The Balaban J connectivity index is 0.974. The number of allylic oxidation sites excluding steroid dienone is 2. The molecule has 0 aliphatic heterocycles. The third kappa shape index (κ3) is 6.12. The van der Waals surface area contributed by atoms with Gasteiger partial charge in [-0.05, 0) is 141 Å². The van der Waals surface area contributed by atoms with Crippen LogP contribution >= 0.6 is 0 Å². The Labute approximate surface area is 282 Å². The van der Waals surface area contributed by atoms with Gasteiger partial charge in [0, 0.05) is 17.0 Å². The molecule has 8 atom stereocenters. The van der Waals surface area contributed by atoms with Crippen LogP contribution in [0.1, 0.15) is 129 Å². The smallest absolute Gasteiger partial charge is 0.344 e. The fourth-order valence-electron chi connectivity index (χ4n) is 11.7. The van der Waals surface area contributed by atoms with Gasteiger partial charge in [0.2, 0.25) is 0 Å². The molecule has 5 nitrogen and oxygen atoms in total. The lowest BCUT2D eigenvalue weighted by Gasteiger charge is -2.58. The van der Waals surface area contributed by atoms with Gasteiger partial charge in [0.15, 0.2) is 6.61 Å². The molecular weight excluding hydrogens is 584 g/mol. The van der Waals surface area contributed by atoms with Crippen LogP contribution in [0.25, 0.3) is 11.0 Å². The van der Waals surface area contributed by atoms with Crippen molar-refractivity contribution in [3.63, 3.8) is 0 Å². The standard InChI is InChI=1S/C42H58O5/c1-26(2)9-8-10-27(3)35-19-20-36-34-17-14-28-13-15-30(24-42(28,5)37(34)21-22-41(35,36)4)46-39(43)25-45-29-16-18-32-31-11-6-7-12-33(31)40(44)47-38(32)23-29/h14,16,18,23,26-27,30,34-37H,6-13,15,17,19-22,24-25H2,1-5H3/t27-,30-,34-,35+,36-,37-,41-,42+/m1/s1. The summed E-state index contributed by atoms with van der Waals surface area (Å²) in [5.41, 5.74) is 4.44. The Morgan fingerprint density at radius 2 is 1.79 bits per heavy atom. The Morgan fingerprint density at radius 3 is 2.60 bits per heavy atom. The number of rotatable bonds is 9. The van der Waals surface area contributed by atoms with Crippen molar-refractivity contribution in [2.45, 2.75) is 137 Å². The van der Waals surface area contributed by atoms with E-state index in [1.165, 1.54) is 51.4 Å². The maximum atomic E-state index is 13.1. The van der Waals surface area contributed by atoms with Gasteiger partial charge in [0.1, 0.15) is 17.4 Å². The lowest BCUT2D eigenvalue weighted by molar-refractivity contribution is -0.156. The largest absolute Gasteiger partial charge is 0.482 e. The van der Waals surface area contributed by atoms with Crippen LogP contribution in [0.3, 0.4) is 0 Å². The summed E-state index contributed by atoms with van der Waals surface area (Å²) in [5.74, 6) is 4.97. The lowest BCUT2D eigenvalue weighted by Crippen LogP contribution is -2.51. The molecule has 0 unspecified atom stereocenters. The van der Waals surface area contributed by atoms with Gasteiger partial charge in [0.25, 0.3) is 0 Å². The molecule has 1 heterocycles. The van der Waals surface area contributed by atoms with E-state index in [1.807, 2.05) is 12.1 Å². The van der Waals surface area contributed by atoms with Gasteiger partial charge >= 0.3 is 11.6 Å². The van der Waals surface area contributed by atoms with Gasteiger partial charge in [-0.15, -0.1) is 0 Å². The average molecular weight is 643 g/mol. The molecule has 0 bridgehead atoms. The summed E-state index contributed by atoms with van der Waals surface area (Å²) in [6, 6.07) is 5.59. The van der Waals surface area contributed by atoms with Crippen LogP contribution in [0.4, 0.5) is 0 Å². The molecule has 7 rings (SSSR count). The number of ether oxygens (including phenoxy) is 2. The number of carbonyl (C=O) groups is 1. The minimum atomic E-state index is -0.313. The Kier molecular flexibility index (Phi) is 9.15. The molecule has 1 aromatic carbocycles. The zero-order chi connectivity index (χ0) is 32.9. The summed E-state index contributed by atoms with van der Waals surface area (Å²) in [6.07, 6.45) is 20.0. The van der Waals surface area contributed by atoms with Crippen LogP contribution in [-0.4, -0.2) is 18.7 Å². The first-order valence-electron chi connectivity index (χ1n) is 19.2. The number of hydrogen-bond donors (Lipinski definition) is 0. The highest BCUT2D eigenvalue weighted by Crippen LogP contribution is 2.67. The minimum Gasteiger partial charge on any atom is -0.482 e. The number of hydrogen-bond acceptors (Lipinski definition) is 5. The fourth-order valence-corrected chi connectivity index (χ4v) is 11.7. The number of esters is 1. The molecule has 0 N–H and O–H groups in total. The zero-order valence-corrected chi connectivity index (χ0v) is 29.7. The van der Waals surface area contributed by atoms with Crippen molar-refractivity contribution in [1.29, 1.82) is 0 Å². The normalized spacial score (nSPS) is 33.7. The highest BCUT2D eigenvalue weighted by Gasteiger charge is 2.59. The van der Waals surface area contributed by atoms with Crippen molar-refractivity contribution in [3.8, 4) is 5.75 Å². The van der Waals surface area contributed by atoms with E-state index in [9.17, 15) is 9.59 Å². The van der Waals surface area contributed by atoms with Crippen molar-refractivity contribution < 1.29 is 18.7 Å². The predicted octanol–water partition coefficient (Wildman–Crippen LogP) is 10.0. The van der Waals surface area contributed by atoms with E-state index in [0.29, 0.717) is 22.7 Å². The van der Waals surface area contributed by atoms with Crippen LogP contribution in [0.15, 0.2) is 39.1 Å². The van der Waals surface area contributed by atoms with E-state index < -0.39 is 0 Å². The highest BCUT2D eigenvalue weighted by atomic mass is 16.6. The molecule has 5 aliphatic carbocycles. The van der Waals surface area contributed by atoms with Gasteiger partial charge in [-0.3, -0.25) is 0 Å². The second kappa shape index (κ2) is 13.0. The quantitative estimate of drug-likeness (QED) is 0.155. The van der Waals surface area contributed by atoms with E-state index >= 15 is 0 Å². The van der Waals surface area contributed by atoms with Crippen LogP contribution in [0, 0.1) is 46.3 Å². The Morgan fingerprint density at radius 1 is 0.979 bits per heavy atom. The molecule has 2 aromatic rings. The summed E-state index contributed by atoms with van der Waals surface area (Å²) >= 11 is 0. The molecule has 256 valence electrons. The monoisotopic (exact) mass is 642 g/mol. The number of aryl methyl sites for hydroxylation is 1. The van der Waals surface area contributed by atoms with Crippen LogP contribution in [0.5, 0.6) is 5.75 Å². The third-order valence-corrected chi connectivity index (χ3v) is 14.1. The second-order valence-electron chi connectivity index (χ2n) is 17.1. The van der Waals surface area contributed by atoms with E-state index in [4.69, 9.17) is 13.9 Å². The van der Waals surface area contributed by atoms with Gasteiger partial charge < -0.3 is 13.9 Å². The van der Waals surface area contributed by atoms with Crippen molar-refractivity contribution >= 4 is 16.9 Å². The molecule has 0 radical (unpaired) electrons. The average Bonchev–Trinajstić information content (AvgIpc) is 3.40. The summed E-state index contributed by atoms with van der Waals surface area (Å²) < 4.78 is 17.7. The summed E-state index contributed by atoms with van der Waals surface area (Å²) in [5, 5.41) is 0.978. The van der Waals surface area contributed by atoms with Crippen LogP contribution in [-0.2, 0) is 22.4 Å². The Bertz CT molecular complexity index is 1570. The van der Waals surface area contributed by atoms with Crippen molar-refractivity contribution in [3.05, 3.63) is 51.4 Å². The maximum absolute atomic E-state index is 13.1.